The van der Waals surface area contributed by atoms with Gasteiger partial charge in [0, 0.05) is 24.2 Å². The summed E-state index contributed by atoms with van der Waals surface area (Å²) in [7, 11) is 0.777. The third kappa shape index (κ3) is 7.21. The first-order valence-electron chi connectivity index (χ1n) is 10.4. The van der Waals surface area contributed by atoms with E-state index in [1.165, 1.54) is 10.6 Å². The smallest absolute Gasteiger partial charge is 0.0980 e. The molecule has 2 aromatic carbocycles. The minimum Gasteiger partial charge on any atom is -0.256 e. The predicted molar refractivity (Wildman–Crippen MR) is 141 cm³/mol. The average molecular weight is 446 g/mol. The van der Waals surface area contributed by atoms with Crippen molar-refractivity contribution in [3.8, 4) is 35.5 Å². The minimum atomic E-state index is 0.777. The molecule has 3 nitrogen and oxygen atoms in total. The van der Waals surface area contributed by atoms with Gasteiger partial charge in [0.1, 0.15) is 0 Å². The van der Waals surface area contributed by atoms with E-state index in [-0.39, 0.29) is 0 Å². The Balaban J connectivity index is 0.000000181. The van der Waals surface area contributed by atoms with Crippen molar-refractivity contribution in [2.24, 2.45) is 0 Å². The van der Waals surface area contributed by atoms with Crippen molar-refractivity contribution in [1.82, 2.24) is 15.0 Å². The molecule has 3 aromatic heterocycles. The lowest BCUT2D eigenvalue weighted by Crippen LogP contribution is -2.01. The van der Waals surface area contributed by atoms with E-state index in [1.54, 1.807) is 18.6 Å². The number of terminal acetylenes is 1. The Bertz CT molecular complexity index is 1130. The van der Waals surface area contributed by atoms with Gasteiger partial charge in [0.2, 0.25) is 0 Å². The van der Waals surface area contributed by atoms with Gasteiger partial charge in [0.25, 0.3) is 0 Å². The zero-order valence-electron chi connectivity index (χ0n) is 18.1. The number of benzene rings is 2. The van der Waals surface area contributed by atoms with Gasteiger partial charge < -0.3 is 0 Å². The monoisotopic (exact) mass is 445 g/mol. The summed E-state index contributed by atoms with van der Waals surface area (Å²) in [5.74, 6) is 0. The molecular formula is C29H24N3P. The van der Waals surface area contributed by atoms with Gasteiger partial charge in [-0.15, -0.1) is 12.8 Å². The van der Waals surface area contributed by atoms with Crippen LogP contribution in [0, 0.1) is 12.8 Å². The molecule has 160 valence electrons. The van der Waals surface area contributed by atoms with E-state index in [2.05, 4.69) is 88.5 Å². The lowest BCUT2D eigenvalue weighted by atomic mass is 10.1. The molecule has 0 spiro atoms. The van der Waals surface area contributed by atoms with Crippen LogP contribution >= 0.6 is 8.58 Å². The third-order valence-corrected chi connectivity index (χ3v) is 5.74. The Kier molecular flexibility index (Phi) is 9.51. The summed E-state index contributed by atoms with van der Waals surface area (Å²) in [5, 5.41) is 2.79. The maximum absolute atomic E-state index is 4.42. The van der Waals surface area contributed by atoms with Gasteiger partial charge in [-0.1, -0.05) is 81.4 Å². The maximum Gasteiger partial charge on any atom is 0.0980 e. The lowest BCUT2D eigenvalue weighted by molar-refractivity contribution is 1.23. The van der Waals surface area contributed by atoms with Gasteiger partial charge in [0.05, 0.1) is 17.1 Å². The van der Waals surface area contributed by atoms with Crippen molar-refractivity contribution in [2.75, 3.05) is 0 Å². The average Bonchev–Trinajstić information content (AvgIpc) is 2.92. The van der Waals surface area contributed by atoms with Crippen LogP contribution in [0.4, 0.5) is 0 Å². The molecule has 0 saturated heterocycles. The summed E-state index contributed by atoms with van der Waals surface area (Å²) in [5.41, 5.74) is 3.62. The number of rotatable bonds is 4. The van der Waals surface area contributed by atoms with Gasteiger partial charge in [-0.05, 0) is 47.0 Å². The predicted octanol–water partition coefficient (Wildman–Crippen LogP) is 5.77. The topological polar surface area (TPSA) is 38.7 Å². The molecule has 0 N–H and O–H groups in total. The van der Waals surface area contributed by atoms with Crippen LogP contribution in [0.2, 0.25) is 0 Å². The van der Waals surface area contributed by atoms with Gasteiger partial charge in [-0.3, -0.25) is 15.0 Å². The molecule has 0 aliphatic rings. The highest BCUT2D eigenvalue weighted by molar-refractivity contribution is 7.55. The van der Waals surface area contributed by atoms with Crippen molar-refractivity contribution in [3.63, 3.8) is 0 Å². The number of aromatic nitrogens is 3. The summed E-state index contributed by atoms with van der Waals surface area (Å²) >= 11 is 0. The molecule has 0 bridgehead atoms. The van der Waals surface area contributed by atoms with E-state index in [1.807, 2.05) is 48.5 Å². The molecule has 5 rings (SSSR count). The first-order valence-corrected chi connectivity index (χ1v) is 11.4. The van der Waals surface area contributed by atoms with Crippen LogP contribution in [-0.4, -0.2) is 15.0 Å². The largest absolute Gasteiger partial charge is 0.256 e. The molecule has 0 radical (unpaired) electrons. The van der Waals surface area contributed by atoms with E-state index in [0.29, 0.717) is 0 Å². The fourth-order valence-corrected chi connectivity index (χ4v) is 4.10. The van der Waals surface area contributed by atoms with Gasteiger partial charge in [-0.25, -0.2) is 0 Å². The van der Waals surface area contributed by atoms with Gasteiger partial charge in [0.15, 0.2) is 0 Å². The second-order valence-electron chi connectivity index (χ2n) is 6.69. The minimum absolute atomic E-state index is 0.777. The summed E-state index contributed by atoms with van der Waals surface area (Å²) in [6.07, 6.45) is 13.3. The van der Waals surface area contributed by atoms with E-state index >= 15 is 0 Å². The molecule has 0 aliphatic carbocycles. The van der Waals surface area contributed by atoms with Crippen molar-refractivity contribution in [3.05, 3.63) is 128 Å². The lowest BCUT2D eigenvalue weighted by Gasteiger charge is -2.06. The summed E-state index contributed by atoms with van der Waals surface area (Å²) in [6.45, 7) is 0. The Morgan fingerprint density at radius 3 is 1.45 bits per heavy atom. The molecule has 0 aliphatic heterocycles. The Morgan fingerprint density at radius 1 is 0.455 bits per heavy atom. The van der Waals surface area contributed by atoms with Crippen molar-refractivity contribution < 1.29 is 0 Å². The first-order chi connectivity index (χ1) is 16.4. The van der Waals surface area contributed by atoms with Crippen LogP contribution in [0.15, 0.2) is 128 Å². The SMILES string of the molecule is C#C.c1ccc(-c2cccnc2-c2ccccn2)nc1.c1ccc(Pc2ccccc2)cc1. The molecule has 0 amide bonds. The molecular weight excluding hydrogens is 421 g/mol. The Labute approximate surface area is 197 Å². The highest BCUT2D eigenvalue weighted by Crippen LogP contribution is 2.26. The fourth-order valence-electron chi connectivity index (χ4n) is 3.05. The summed E-state index contributed by atoms with van der Waals surface area (Å²) < 4.78 is 0. The normalized spacial score (nSPS) is 9.52. The van der Waals surface area contributed by atoms with Gasteiger partial charge >= 0.3 is 0 Å². The summed E-state index contributed by atoms with van der Waals surface area (Å²) in [4.78, 5) is 13.1. The van der Waals surface area contributed by atoms with Crippen molar-refractivity contribution in [2.45, 2.75) is 0 Å². The molecule has 0 unspecified atom stereocenters. The number of pyridine rings is 3. The van der Waals surface area contributed by atoms with E-state index in [0.717, 1.165) is 31.2 Å². The first kappa shape index (κ1) is 23.5. The van der Waals surface area contributed by atoms with Gasteiger partial charge in [-0.2, -0.15) is 0 Å². The van der Waals surface area contributed by atoms with Crippen LogP contribution < -0.4 is 10.6 Å². The molecule has 0 atom stereocenters. The molecule has 0 fully saturated rings. The standard InChI is InChI=1S/C15H11N3.C12H11P.C2H2/c1-3-9-16-13(7-1)12-6-5-11-18-15(12)14-8-2-4-10-17-14;1-3-7-11(8-4-1)13-12-9-5-2-6-10-12;1-2/h1-11H;1-10,13H;1-2H. The van der Waals surface area contributed by atoms with E-state index < -0.39 is 0 Å². The van der Waals surface area contributed by atoms with Crippen LogP contribution in [0.25, 0.3) is 22.6 Å². The summed E-state index contributed by atoms with van der Waals surface area (Å²) in [6, 6.07) is 36.7. The number of hydrogen-bond donors (Lipinski definition) is 0. The fraction of sp³-hybridized carbons (Fsp3) is 0. The van der Waals surface area contributed by atoms with Crippen LogP contribution in [0.1, 0.15) is 0 Å². The van der Waals surface area contributed by atoms with E-state index in [9.17, 15) is 0 Å². The third-order valence-electron chi connectivity index (χ3n) is 4.49. The molecule has 5 aromatic rings. The van der Waals surface area contributed by atoms with E-state index in [4.69, 9.17) is 0 Å². The highest BCUT2D eigenvalue weighted by Gasteiger charge is 2.09. The van der Waals surface area contributed by atoms with Crippen LogP contribution in [-0.2, 0) is 0 Å². The Morgan fingerprint density at radius 2 is 0.939 bits per heavy atom. The molecule has 3 heterocycles. The number of nitrogens with zero attached hydrogens (tertiary/aromatic N) is 3. The maximum atomic E-state index is 4.42. The van der Waals surface area contributed by atoms with Crippen LogP contribution in [0.5, 0.6) is 0 Å². The van der Waals surface area contributed by atoms with Crippen molar-refractivity contribution >= 4 is 19.2 Å². The second kappa shape index (κ2) is 13.3. The Hall–Kier alpha value is -4.12. The highest BCUT2D eigenvalue weighted by atomic mass is 31.1. The zero-order valence-corrected chi connectivity index (χ0v) is 19.1. The quantitative estimate of drug-likeness (QED) is 0.260. The molecule has 4 heteroatoms. The second-order valence-corrected chi connectivity index (χ2v) is 8.09. The number of hydrogen-bond acceptors (Lipinski definition) is 3. The molecule has 33 heavy (non-hydrogen) atoms. The zero-order chi connectivity index (χ0) is 23.1. The van der Waals surface area contributed by atoms with Crippen LogP contribution in [0.3, 0.4) is 0 Å². The molecule has 0 saturated carbocycles. The van der Waals surface area contributed by atoms with Crippen molar-refractivity contribution in [1.29, 1.82) is 0 Å².